The number of hydrogen-bond donors (Lipinski definition) is 1. The molecular weight excluding hydrogens is 514 g/mol. The highest BCUT2D eigenvalue weighted by Gasteiger charge is 2.47. The van der Waals surface area contributed by atoms with Crippen LogP contribution in [0.1, 0.15) is 56.0 Å². The summed E-state index contributed by atoms with van der Waals surface area (Å²) in [5.74, 6) is -2.71. The van der Waals surface area contributed by atoms with Gasteiger partial charge in [0.15, 0.2) is 0 Å². The first-order valence-electron chi connectivity index (χ1n) is 12.3. The van der Waals surface area contributed by atoms with Gasteiger partial charge in [0.05, 0.1) is 23.8 Å². The van der Waals surface area contributed by atoms with E-state index in [0.29, 0.717) is 12.4 Å². The topological polar surface area (TPSA) is 66.8 Å². The Morgan fingerprint density at radius 1 is 0.974 bits per heavy atom. The molecule has 0 radical (unpaired) electrons. The maximum Gasteiger partial charge on any atom is 0.416 e. The molecular formula is C30H27F4NO4. The van der Waals surface area contributed by atoms with Crippen molar-refractivity contribution < 1.29 is 37.0 Å². The second-order valence-corrected chi connectivity index (χ2v) is 10.2. The minimum absolute atomic E-state index is 0.192. The van der Waals surface area contributed by atoms with Crippen molar-refractivity contribution in [1.82, 2.24) is 0 Å². The summed E-state index contributed by atoms with van der Waals surface area (Å²) in [7, 11) is 0. The first-order valence-corrected chi connectivity index (χ1v) is 12.3. The highest BCUT2D eigenvalue weighted by Crippen LogP contribution is 2.44. The average molecular weight is 542 g/mol. The number of anilines is 1. The molecule has 1 fully saturated rings. The zero-order valence-corrected chi connectivity index (χ0v) is 21.8. The Bertz CT molecular complexity index is 1450. The fourth-order valence-electron chi connectivity index (χ4n) is 4.59. The van der Waals surface area contributed by atoms with E-state index in [2.05, 4.69) is 0 Å². The predicted octanol–water partition coefficient (Wildman–Crippen LogP) is 7.17. The molecule has 1 aliphatic rings. The molecule has 1 heterocycles. The molecule has 0 aliphatic carbocycles. The van der Waals surface area contributed by atoms with Crippen LogP contribution in [0.4, 0.5) is 23.2 Å². The number of amides is 1. The number of Topliss-reactive ketones (excluding diaryl/α,β-unsaturated/α-hetero) is 1. The molecule has 1 unspecified atom stereocenters. The lowest BCUT2D eigenvalue weighted by molar-refractivity contribution is -0.137. The Balaban J connectivity index is 1.95. The lowest BCUT2D eigenvalue weighted by atomic mass is 9.84. The summed E-state index contributed by atoms with van der Waals surface area (Å²) in [5.41, 5.74) is -0.758. The summed E-state index contributed by atoms with van der Waals surface area (Å²) >= 11 is 0. The summed E-state index contributed by atoms with van der Waals surface area (Å²) in [5, 5.41) is 11.4. The van der Waals surface area contributed by atoms with Gasteiger partial charge in [0, 0.05) is 16.8 Å². The Labute approximate surface area is 223 Å². The van der Waals surface area contributed by atoms with Gasteiger partial charge in [-0.3, -0.25) is 14.5 Å². The van der Waals surface area contributed by atoms with Crippen molar-refractivity contribution >= 4 is 23.1 Å². The number of aliphatic hydroxyl groups is 1. The standard InChI is InChI=1S/C30H27F4NO4/c1-5-39-23-14-11-18(15-22(23)29(2,3)4)26(36)24-25(17-9-12-20(31)13-10-17)35(28(38)27(24)37)21-8-6-7-19(16-21)30(32,33)34/h6-16,25,36H,5H2,1-4H3/b26-24-. The van der Waals surface area contributed by atoms with Crippen molar-refractivity contribution in [3.8, 4) is 5.75 Å². The van der Waals surface area contributed by atoms with Gasteiger partial charge in [-0.05, 0) is 66.4 Å². The van der Waals surface area contributed by atoms with Gasteiger partial charge in [-0.2, -0.15) is 13.2 Å². The van der Waals surface area contributed by atoms with Crippen LogP contribution >= 0.6 is 0 Å². The average Bonchev–Trinajstić information content (AvgIpc) is 3.13. The molecule has 39 heavy (non-hydrogen) atoms. The van der Waals surface area contributed by atoms with Gasteiger partial charge in [-0.25, -0.2) is 4.39 Å². The number of carbonyl (C=O) groups is 2. The van der Waals surface area contributed by atoms with E-state index >= 15 is 0 Å². The van der Waals surface area contributed by atoms with E-state index in [-0.39, 0.29) is 22.4 Å². The smallest absolute Gasteiger partial charge is 0.416 e. The third-order valence-corrected chi connectivity index (χ3v) is 6.44. The summed E-state index contributed by atoms with van der Waals surface area (Å²) in [4.78, 5) is 27.5. The Kier molecular flexibility index (Phi) is 7.29. The van der Waals surface area contributed by atoms with Crippen LogP contribution in [0.25, 0.3) is 5.76 Å². The number of rotatable bonds is 5. The van der Waals surface area contributed by atoms with Crippen molar-refractivity contribution in [1.29, 1.82) is 0 Å². The number of carbonyl (C=O) groups excluding carboxylic acids is 2. The molecule has 204 valence electrons. The zero-order chi connectivity index (χ0) is 28.7. The zero-order valence-electron chi connectivity index (χ0n) is 21.8. The number of hydrogen-bond acceptors (Lipinski definition) is 4. The highest BCUT2D eigenvalue weighted by atomic mass is 19.4. The van der Waals surface area contributed by atoms with E-state index in [1.807, 2.05) is 27.7 Å². The van der Waals surface area contributed by atoms with Crippen LogP contribution in [0, 0.1) is 5.82 Å². The Morgan fingerprint density at radius 3 is 2.23 bits per heavy atom. The van der Waals surface area contributed by atoms with E-state index in [1.165, 1.54) is 24.3 Å². The van der Waals surface area contributed by atoms with Gasteiger partial charge in [-0.1, -0.05) is 39.0 Å². The fourth-order valence-corrected chi connectivity index (χ4v) is 4.59. The Morgan fingerprint density at radius 2 is 1.64 bits per heavy atom. The number of alkyl halides is 3. The van der Waals surface area contributed by atoms with Gasteiger partial charge in [0.25, 0.3) is 11.7 Å². The van der Waals surface area contributed by atoms with Crippen LogP contribution in [0.5, 0.6) is 5.75 Å². The van der Waals surface area contributed by atoms with Crippen LogP contribution in [-0.2, 0) is 21.2 Å². The fraction of sp³-hybridized carbons (Fsp3) is 0.267. The van der Waals surface area contributed by atoms with Crippen LogP contribution in [-0.4, -0.2) is 23.4 Å². The molecule has 1 N–H and O–H groups in total. The van der Waals surface area contributed by atoms with E-state index in [1.54, 1.807) is 12.1 Å². The largest absolute Gasteiger partial charge is 0.507 e. The van der Waals surface area contributed by atoms with Crippen molar-refractivity contribution in [3.63, 3.8) is 0 Å². The SMILES string of the molecule is CCOc1ccc(/C(O)=C2/C(=O)C(=O)N(c3cccc(C(F)(F)F)c3)C2c2ccc(F)cc2)cc1C(C)(C)C. The van der Waals surface area contributed by atoms with Gasteiger partial charge >= 0.3 is 6.18 Å². The third-order valence-electron chi connectivity index (χ3n) is 6.44. The quantitative estimate of drug-likeness (QED) is 0.161. The lowest BCUT2D eigenvalue weighted by Gasteiger charge is -2.26. The van der Waals surface area contributed by atoms with E-state index in [0.717, 1.165) is 40.8 Å². The summed E-state index contributed by atoms with van der Waals surface area (Å²) in [6.45, 7) is 8.07. The molecule has 1 atom stereocenters. The molecule has 3 aromatic carbocycles. The maximum absolute atomic E-state index is 13.8. The first-order chi connectivity index (χ1) is 18.2. The molecule has 3 aromatic rings. The lowest BCUT2D eigenvalue weighted by Crippen LogP contribution is -2.29. The molecule has 4 rings (SSSR count). The van der Waals surface area contributed by atoms with Crippen molar-refractivity contribution in [2.45, 2.75) is 45.3 Å². The minimum Gasteiger partial charge on any atom is -0.507 e. The van der Waals surface area contributed by atoms with Crippen molar-refractivity contribution in [2.75, 3.05) is 11.5 Å². The van der Waals surface area contributed by atoms with Crippen LogP contribution in [0.15, 0.2) is 72.3 Å². The Hall–Kier alpha value is -4.14. The number of ketones is 1. The van der Waals surface area contributed by atoms with Crippen LogP contribution in [0.3, 0.4) is 0 Å². The van der Waals surface area contributed by atoms with Crippen molar-refractivity contribution in [2.24, 2.45) is 0 Å². The number of ether oxygens (including phenoxy) is 1. The number of benzene rings is 3. The second-order valence-electron chi connectivity index (χ2n) is 10.2. The van der Waals surface area contributed by atoms with Crippen LogP contribution < -0.4 is 9.64 Å². The molecule has 5 nitrogen and oxygen atoms in total. The maximum atomic E-state index is 13.8. The van der Waals surface area contributed by atoms with Gasteiger partial charge in [0.2, 0.25) is 0 Å². The first kappa shape index (κ1) is 27.9. The summed E-state index contributed by atoms with van der Waals surface area (Å²) in [6, 6.07) is 12.4. The molecule has 0 spiro atoms. The minimum atomic E-state index is -4.69. The second kappa shape index (κ2) is 10.2. The molecule has 0 aromatic heterocycles. The van der Waals surface area contributed by atoms with E-state index < -0.39 is 46.5 Å². The molecule has 9 heteroatoms. The summed E-state index contributed by atoms with van der Waals surface area (Å²) in [6.07, 6.45) is -4.69. The molecule has 1 saturated heterocycles. The van der Waals surface area contributed by atoms with Crippen molar-refractivity contribution in [3.05, 3.63) is 100 Å². The number of aliphatic hydroxyl groups excluding tert-OH is 1. The molecule has 0 bridgehead atoms. The molecule has 1 aliphatic heterocycles. The molecule has 1 amide bonds. The van der Waals surface area contributed by atoms with E-state index in [4.69, 9.17) is 4.74 Å². The van der Waals surface area contributed by atoms with Gasteiger partial charge in [-0.15, -0.1) is 0 Å². The van der Waals surface area contributed by atoms with Gasteiger partial charge < -0.3 is 9.84 Å². The monoisotopic (exact) mass is 541 g/mol. The molecule has 0 saturated carbocycles. The number of halogens is 4. The summed E-state index contributed by atoms with van der Waals surface area (Å²) < 4.78 is 59.9. The number of nitrogens with zero attached hydrogens (tertiary/aromatic N) is 1. The highest BCUT2D eigenvalue weighted by molar-refractivity contribution is 6.51. The van der Waals surface area contributed by atoms with E-state index in [9.17, 15) is 32.3 Å². The van der Waals surface area contributed by atoms with Gasteiger partial charge in [0.1, 0.15) is 17.3 Å². The third kappa shape index (κ3) is 5.39. The normalized spacial score (nSPS) is 17.5. The van der Waals surface area contributed by atoms with Crippen LogP contribution in [0.2, 0.25) is 0 Å². The predicted molar refractivity (Wildman–Crippen MR) is 139 cm³/mol.